The topological polar surface area (TPSA) is 64.7 Å². The predicted octanol–water partition coefficient (Wildman–Crippen LogP) is 3.03. The second-order valence-electron chi connectivity index (χ2n) is 3.86. The number of rotatable bonds is 4. The van der Waals surface area contributed by atoms with E-state index in [0.29, 0.717) is 0 Å². The van der Waals surface area contributed by atoms with Gasteiger partial charge in [0.2, 0.25) is 0 Å². The minimum absolute atomic E-state index is 0. The highest BCUT2D eigenvalue weighted by atomic mass is 35.5. The van der Waals surface area contributed by atoms with Crippen LogP contribution in [0.4, 0.5) is 22.0 Å². The number of ether oxygens (including phenoxy) is 2. The van der Waals surface area contributed by atoms with Crippen LogP contribution in [0.15, 0.2) is 12.1 Å². The standard InChI is InChI=1S/C11H12F5NO3.ClH/c1-19-6-3-5(18)4-7(20-2)8(6)9(17)10(12,13)11(14,15)16;/h3-4,9,18H,17H2,1-2H3;1H/t9-;/m0./s1. The molecule has 1 rings (SSSR count). The van der Waals surface area contributed by atoms with Crippen LogP contribution in [-0.4, -0.2) is 31.4 Å². The molecule has 0 heterocycles. The van der Waals surface area contributed by atoms with Crippen LogP contribution in [-0.2, 0) is 0 Å². The third kappa shape index (κ3) is 3.59. The quantitative estimate of drug-likeness (QED) is 0.829. The summed E-state index contributed by atoms with van der Waals surface area (Å²) in [5.74, 6) is -6.48. The maximum atomic E-state index is 13.3. The summed E-state index contributed by atoms with van der Waals surface area (Å²) in [6.45, 7) is 0. The second kappa shape index (κ2) is 6.52. The lowest BCUT2D eigenvalue weighted by atomic mass is 9.98. The van der Waals surface area contributed by atoms with Crippen molar-refractivity contribution in [2.75, 3.05) is 14.2 Å². The molecule has 1 aromatic rings. The van der Waals surface area contributed by atoms with Gasteiger partial charge >= 0.3 is 12.1 Å². The van der Waals surface area contributed by atoms with Crippen LogP contribution < -0.4 is 15.2 Å². The van der Waals surface area contributed by atoms with Crippen molar-refractivity contribution in [1.82, 2.24) is 0 Å². The van der Waals surface area contributed by atoms with E-state index >= 15 is 0 Å². The molecule has 0 fully saturated rings. The van der Waals surface area contributed by atoms with E-state index in [1.807, 2.05) is 0 Å². The van der Waals surface area contributed by atoms with Crippen molar-refractivity contribution in [3.05, 3.63) is 17.7 Å². The average Bonchev–Trinajstić information content (AvgIpc) is 2.35. The van der Waals surface area contributed by atoms with Gasteiger partial charge in [-0.2, -0.15) is 22.0 Å². The highest BCUT2D eigenvalue weighted by Crippen LogP contribution is 2.48. The Balaban J connectivity index is 0.00000400. The number of aromatic hydroxyl groups is 1. The summed E-state index contributed by atoms with van der Waals surface area (Å²) in [4.78, 5) is 0. The molecule has 0 aliphatic rings. The van der Waals surface area contributed by atoms with Gasteiger partial charge in [-0.05, 0) is 0 Å². The average molecular weight is 338 g/mol. The predicted molar refractivity (Wildman–Crippen MR) is 66.4 cm³/mol. The first-order chi connectivity index (χ1) is 9.06. The minimum atomic E-state index is -5.83. The molecule has 10 heteroatoms. The number of halogens is 6. The third-order valence-electron chi connectivity index (χ3n) is 2.61. The SMILES string of the molecule is COc1cc(O)cc(OC)c1[C@H](N)C(F)(F)C(F)(F)F.Cl. The van der Waals surface area contributed by atoms with Crippen LogP contribution in [0.3, 0.4) is 0 Å². The van der Waals surface area contributed by atoms with E-state index in [4.69, 9.17) is 5.73 Å². The Hall–Kier alpha value is -1.48. The largest absolute Gasteiger partial charge is 0.508 e. The molecule has 0 aliphatic heterocycles. The molecule has 0 bridgehead atoms. The molecular weight excluding hydrogens is 325 g/mol. The Morgan fingerprint density at radius 2 is 1.43 bits per heavy atom. The zero-order valence-corrected chi connectivity index (χ0v) is 11.7. The molecule has 1 aromatic carbocycles. The van der Waals surface area contributed by atoms with Gasteiger partial charge in [0.15, 0.2) is 0 Å². The Morgan fingerprint density at radius 3 is 1.71 bits per heavy atom. The lowest BCUT2D eigenvalue weighted by molar-refractivity contribution is -0.291. The normalized spacial score (nSPS) is 13.3. The van der Waals surface area contributed by atoms with Crippen molar-refractivity contribution in [2.24, 2.45) is 5.73 Å². The van der Waals surface area contributed by atoms with Gasteiger partial charge < -0.3 is 20.3 Å². The number of hydrogen-bond donors (Lipinski definition) is 2. The maximum absolute atomic E-state index is 13.3. The van der Waals surface area contributed by atoms with Crippen molar-refractivity contribution >= 4 is 12.4 Å². The lowest BCUT2D eigenvalue weighted by Crippen LogP contribution is -2.46. The number of hydrogen-bond acceptors (Lipinski definition) is 4. The fraction of sp³-hybridized carbons (Fsp3) is 0.455. The molecule has 0 saturated carbocycles. The summed E-state index contributed by atoms with van der Waals surface area (Å²) in [6.07, 6.45) is -5.83. The molecular formula is C11H13ClF5NO3. The van der Waals surface area contributed by atoms with E-state index in [2.05, 4.69) is 9.47 Å². The second-order valence-corrected chi connectivity index (χ2v) is 3.86. The fourth-order valence-corrected chi connectivity index (χ4v) is 1.59. The molecule has 0 unspecified atom stereocenters. The van der Waals surface area contributed by atoms with Crippen molar-refractivity contribution in [1.29, 1.82) is 0 Å². The first-order valence-corrected chi connectivity index (χ1v) is 5.21. The van der Waals surface area contributed by atoms with Gasteiger partial charge in [0.1, 0.15) is 23.3 Å². The van der Waals surface area contributed by atoms with Crippen molar-refractivity contribution in [3.8, 4) is 17.2 Å². The van der Waals surface area contributed by atoms with Crippen molar-refractivity contribution in [2.45, 2.75) is 18.1 Å². The summed E-state index contributed by atoms with van der Waals surface area (Å²) in [5.41, 5.74) is 4.37. The molecule has 0 aliphatic carbocycles. The van der Waals surface area contributed by atoms with Gasteiger partial charge in [-0.1, -0.05) is 0 Å². The Labute approximate surface area is 123 Å². The van der Waals surface area contributed by atoms with Gasteiger partial charge in [0.05, 0.1) is 19.8 Å². The van der Waals surface area contributed by atoms with Crippen LogP contribution in [0.2, 0.25) is 0 Å². The number of phenols is 1. The lowest BCUT2D eigenvalue weighted by Gasteiger charge is -2.28. The van der Waals surface area contributed by atoms with E-state index in [1.165, 1.54) is 0 Å². The van der Waals surface area contributed by atoms with Gasteiger partial charge in [-0.25, -0.2) is 0 Å². The molecule has 0 spiro atoms. The molecule has 0 radical (unpaired) electrons. The van der Waals surface area contributed by atoms with Crippen molar-refractivity contribution in [3.63, 3.8) is 0 Å². The summed E-state index contributed by atoms with van der Waals surface area (Å²) in [7, 11) is 2.08. The zero-order chi connectivity index (χ0) is 15.7. The van der Waals surface area contributed by atoms with Crippen LogP contribution >= 0.6 is 12.4 Å². The molecule has 1 atom stereocenters. The van der Waals surface area contributed by atoms with Crippen molar-refractivity contribution < 1.29 is 36.5 Å². The monoisotopic (exact) mass is 337 g/mol. The number of benzene rings is 1. The summed E-state index contributed by atoms with van der Waals surface area (Å²) >= 11 is 0. The molecule has 21 heavy (non-hydrogen) atoms. The number of nitrogens with two attached hydrogens (primary N) is 1. The number of phenolic OH excluding ortho intramolecular Hbond substituents is 1. The molecule has 122 valence electrons. The van der Waals surface area contributed by atoms with Crippen LogP contribution in [0.1, 0.15) is 11.6 Å². The number of alkyl halides is 5. The summed E-state index contributed by atoms with van der Waals surface area (Å²) in [6, 6.07) is -1.01. The third-order valence-corrected chi connectivity index (χ3v) is 2.61. The Kier molecular flexibility index (Phi) is 6.06. The van der Waals surface area contributed by atoms with E-state index in [9.17, 15) is 27.1 Å². The molecule has 0 amide bonds. The van der Waals surface area contributed by atoms with E-state index in [0.717, 1.165) is 26.4 Å². The summed E-state index contributed by atoms with van der Waals surface area (Å²) < 4.78 is 73.1. The van der Waals surface area contributed by atoms with Gasteiger partial charge in [0, 0.05) is 12.1 Å². The Bertz CT molecular complexity index is 470. The van der Waals surface area contributed by atoms with E-state index in [-0.39, 0.29) is 12.4 Å². The van der Waals surface area contributed by atoms with Gasteiger partial charge in [-0.15, -0.1) is 12.4 Å². The molecule has 0 aromatic heterocycles. The zero-order valence-electron chi connectivity index (χ0n) is 10.9. The Morgan fingerprint density at radius 1 is 1.05 bits per heavy atom. The van der Waals surface area contributed by atoms with Gasteiger partial charge in [0.25, 0.3) is 0 Å². The van der Waals surface area contributed by atoms with Gasteiger partial charge in [-0.3, -0.25) is 0 Å². The molecule has 4 nitrogen and oxygen atoms in total. The van der Waals surface area contributed by atoms with Crippen LogP contribution in [0.25, 0.3) is 0 Å². The number of methoxy groups -OCH3 is 2. The van der Waals surface area contributed by atoms with E-state index in [1.54, 1.807) is 0 Å². The first kappa shape index (κ1) is 19.5. The molecule has 3 N–H and O–H groups in total. The van der Waals surface area contributed by atoms with Crippen LogP contribution in [0.5, 0.6) is 17.2 Å². The fourth-order valence-electron chi connectivity index (χ4n) is 1.59. The molecule has 0 saturated heterocycles. The summed E-state index contributed by atoms with van der Waals surface area (Å²) in [5, 5.41) is 9.31. The highest BCUT2D eigenvalue weighted by Gasteiger charge is 2.62. The van der Waals surface area contributed by atoms with Crippen LogP contribution in [0, 0.1) is 0 Å². The smallest absolute Gasteiger partial charge is 0.455 e. The first-order valence-electron chi connectivity index (χ1n) is 5.21. The highest BCUT2D eigenvalue weighted by molar-refractivity contribution is 5.85. The maximum Gasteiger partial charge on any atom is 0.455 e. The minimum Gasteiger partial charge on any atom is -0.508 e. The van der Waals surface area contributed by atoms with E-state index < -0.39 is 41.0 Å².